The van der Waals surface area contributed by atoms with Crippen LogP contribution in [-0.2, 0) is 26.1 Å². The highest BCUT2D eigenvalue weighted by Gasteiger charge is 2.12. The summed E-state index contributed by atoms with van der Waals surface area (Å²) in [7, 11) is 0. The maximum absolute atomic E-state index is 11.0. The van der Waals surface area contributed by atoms with Gasteiger partial charge in [-0.1, -0.05) is 106 Å². The number of hydrogen-bond acceptors (Lipinski definition) is 6. The largest absolute Gasteiger partial charge is 0.457 e. The minimum absolute atomic E-state index is 0. The van der Waals surface area contributed by atoms with Crippen molar-refractivity contribution in [1.29, 1.82) is 0 Å². The highest BCUT2D eigenvalue weighted by Crippen LogP contribution is 2.17. The fraction of sp³-hybridized carbons (Fsp3) is 0.405. The predicted molar refractivity (Wildman–Crippen MR) is 178 cm³/mol. The summed E-state index contributed by atoms with van der Waals surface area (Å²) in [6, 6.07) is 28.8. The van der Waals surface area contributed by atoms with E-state index in [1.807, 2.05) is 18.2 Å². The van der Waals surface area contributed by atoms with Gasteiger partial charge in [0.15, 0.2) is 24.1 Å². The molecule has 0 fully saturated rings. The Morgan fingerprint density at radius 2 is 1.16 bits per heavy atom. The van der Waals surface area contributed by atoms with Crippen molar-refractivity contribution >= 4 is 25.0 Å². The van der Waals surface area contributed by atoms with Crippen LogP contribution in [0.2, 0.25) is 0 Å². The molecular weight excluding hydrogens is 572 g/mol. The van der Waals surface area contributed by atoms with Crippen LogP contribution in [0, 0.1) is 0 Å². The van der Waals surface area contributed by atoms with Gasteiger partial charge < -0.3 is 14.2 Å². The van der Waals surface area contributed by atoms with Gasteiger partial charge in [-0.05, 0) is 61.2 Å². The molecular formula is C37H47ClN2O4. The van der Waals surface area contributed by atoms with E-state index in [9.17, 15) is 9.59 Å². The number of nitrogens with one attached hydrogen (secondary N) is 1. The van der Waals surface area contributed by atoms with E-state index in [1.165, 1.54) is 56.1 Å². The van der Waals surface area contributed by atoms with E-state index < -0.39 is 0 Å². The summed E-state index contributed by atoms with van der Waals surface area (Å²) in [4.78, 5) is 24.4. The zero-order chi connectivity index (χ0) is 30.0. The Hall–Kier alpha value is -3.45. The number of benzene rings is 2. The van der Waals surface area contributed by atoms with E-state index in [-0.39, 0.29) is 12.4 Å². The van der Waals surface area contributed by atoms with Crippen LogP contribution < -0.4 is 5.32 Å². The zero-order valence-corrected chi connectivity index (χ0v) is 26.5. The van der Waals surface area contributed by atoms with E-state index in [2.05, 4.69) is 64.8 Å². The summed E-state index contributed by atoms with van der Waals surface area (Å²) >= 11 is 0. The fourth-order valence-corrected chi connectivity index (χ4v) is 5.58. The molecule has 1 N–H and O–H groups in total. The lowest BCUT2D eigenvalue weighted by molar-refractivity contribution is 0.109. The molecule has 0 aliphatic rings. The lowest BCUT2D eigenvalue weighted by Crippen LogP contribution is -2.30. The van der Waals surface area contributed by atoms with Crippen molar-refractivity contribution in [2.45, 2.75) is 89.9 Å². The fourth-order valence-electron chi connectivity index (χ4n) is 5.58. The zero-order valence-electron chi connectivity index (χ0n) is 25.7. The molecule has 7 heteroatoms. The molecule has 44 heavy (non-hydrogen) atoms. The molecule has 0 bridgehead atoms. The third-order valence-electron chi connectivity index (χ3n) is 7.89. The van der Waals surface area contributed by atoms with Crippen molar-refractivity contribution in [1.82, 2.24) is 10.2 Å². The number of carbonyl (C=O) groups excluding carboxylic acids is 2. The average Bonchev–Trinajstić information content (AvgIpc) is 3.71. The number of aldehydes is 2. The third-order valence-corrected chi connectivity index (χ3v) is 7.89. The van der Waals surface area contributed by atoms with E-state index >= 15 is 0 Å². The van der Waals surface area contributed by atoms with E-state index in [0.717, 1.165) is 56.4 Å². The quantitative estimate of drug-likeness (QED) is 0.0700. The van der Waals surface area contributed by atoms with Gasteiger partial charge in [0.05, 0.1) is 13.1 Å². The molecule has 6 nitrogen and oxygen atoms in total. The SMILES string of the molecule is Cl.O=Cc1ccc(CNC(CCCCCCCCCCN(Cc2ccccc2)Cc2ccc(C=O)o2)Cc2ccccc2)o1. The molecule has 236 valence electrons. The summed E-state index contributed by atoms with van der Waals surface area (Å²) in [5.41, 5.74) is 2.63. The van der Waals surface area contributed by atoms with Crippen molar-refractivity contribution in [2.24, 2.45) is 0 Å². The molecule has 2 aromatic carbocycles. The summed E-state index contributed by atoms with van der Waals surface area (Å²) in [5.74, 6) is 2.41. The molecule has 2 aromatic heterocycles. The normalized spacial score (nSPS) is 11.8. The molecule has 2 heterocycles. The molecule has 1 unspecified atom stereocenters. The number of halogens is 1. The number of hydrogen-bond donors (Lipinski definition) is 1. The second-order valence-electron chi connectivity index (χ2n) is 11.4. The summed E-state index contributed by atoms with van der Waals surface area (Å²) < 4.78 is 11.2. The topological polar surface area (TPSA) is 75.7 Å². The average molecular weight is 619 g/mol. The number of carbonyl (C=O) groups is 2. The number of unbranched alkanes of at least 4 members (excludes halogenated alkanes) is 7. The Morgan fingerprint density at radius 3 is 1.77 bits per heavy atom. The van der Waals surface area contributed by atoms with Crippen LogP contribution in [-0.4, -0.2) is 30.1 Å². The van der Waals surface area contributed by atoms with Crippen LogP contribution in [0.5, 0.6) is 0 Å². The molecule has 0 saturated heterocycles. The van der Waals surface area contributed by atoms with Crippen molar-refractivity contribution in [2.75, 3.05) is 6.54 Å². The lowest BCUT2D eigenvalue weighted by Gasteiger charge is -2.21. The van der Waals surface area contributed by atoms with Gasteiger partial charge in [-0.3, -0.25) is 14.5 Å². The highest BCUT2D eigenvalue weighted by atomic mass is 35.5. The van der Waals surface area contributed by atoms with Gasteiger partial charge in [-0.25, -0.2) is 0 Å². The Morgan fingerprint density at radius 1 is 0.614 bits per heavy atom. The smallest absolute Gasteiger partial charge is 0.185 e. The summed E-state index contributed by atoms with van der Waals surface area (Å²) in [5, 5.41) is 3.66. The Bertz CT molecular complexity index is 1320. The Labute approximate surface area is 268 Å². The molecule has 0 spiro atoms. The summed E-state index contributed by atoms with van der Waals surface area (Å²) in [6.07, 6.45) is 13.6. The van der Waals surface area contributed by atoms with Gasteiger partial charge in [-0.2, -0.15) is 0 Å². The number of furan rings is 2. The number of nitrogens with zero attached hydrogens (tertiary/aromatic N) is 1. The van der Waals surface area contributed by atoms with Gasteiger partial charge in [0.2, 0.25) is 0 Å². The maximum atomic E-state index is 11.0. The predicted octanol–water partition coefficient (Wildman–Crippen LogP) is 8.83. The van der Waals surface area contributed by atoms with Crippen LogP contribution in [0.15, 0.2) is 93.8 Å². The first-order valence-corrected chi connectivity index (χ1v) is 15.8. The van der Waals surface area contributed by atoms with Gasteiger partial charge in [-0.15, -0.1) is 12.4 Å². The second kappa shape index (κ2) is 20.5. The first-order chi connectivity index (χ1) is 21.2. The second-order valence-corrected chi connectivity index (χ2v) is 11.4. The minimum atomic E-state index is 0. The monoisotopic (exact) mass is 618 g/mol. The van der Waals surface area contributed by atoms with Crippen molar-refractivity contribution in [3.8, 4) is 0 Å². The molecule has 0 amide bonds. The van der Waals surface area contributed by atoms with Crippen molar-refractivity contribution in [3.05, 3.63) is 119 Å². The van der Waals surface area contributed by atoms with Crippen molar-refractivity contribution < 1.29 is 18.4 Å². The molecule has 4 rings (SSSR count). The molecule has 0 aliphatic carbocycles. The number of rotatable bonds is 22. The van der Waals surface area contributed by atoms with Gasteiger partial charge in [0.25, 0.3) is 0 Å². The van der Waals surface area contributed by atoms with Crippen LogP contribution in [0.4, 0.5) is 0 Å². The Kier molecular flexibility index (Phi) is 16.3. The molecule has 0 saturated carbocycles. The first kappa shape index (κ1) is 35.0. The lowest BCUT2D eigenvalue weighted by atomic mass is 9.99. The van der Waals surface area contributed by atoms with Gasteiger partial charge >= 0.3 is 0 Å². The van der Waals surface area contributed by atoms with E-state index in [1.54, 1.807) is 12.1 Å². The van der Waals surface area contributed by atoms with E-state index in [4.69, 9.17) is 8.83 Å². The minimum Gasteiger partial charge on any atom is -0.457 e. The highest BCUT2D eigenvalue weighted by molar-refractivity contribution is 5.85. The van der Waals surface area contributed by atoms with Gasteiger partial charge in [0, 0.05) is 12.6 Å². The van der Waals surface area contributed by atoms with Crippen LogP contribution >= 0.6 is 12.4 Å². The van der Waals surface area contributed by atoms with Crippen LogP contribution in [0.25, 0.3) is 0 Å². The van der Waals surface area contributed by atoms with Crippen LogP contribution in [0.1, 0.15) is 102 Å². The van der Waals surface area contributed by atoms with Gasteiger partial charge in [0.1, 0.15) is 11.5 Å². The molecule has 0 radical (unpaired) electrons. The van der Waals surface area contributed by atoms with Crippen LogP contribution in [0.3, 0.4) is 0 Å². The van der Waals surface area contributed by atoms with Crippen molar-refractivity contribution in [3.63, 3.8) is 0 Å². The standard InChI is InChI=1S/C37H46N2O4.ClH/c40-29-36-22-20-34(42-36)26-38-33(25-31-15-9-7-10-16-31)19-13-5-3-1-2-4-6-14-24-39(27-32-17-11-8-12-18-32)28-35-21-23-37(30-41)43-35;/h7-12,15-18,20-23,29-30,33,38H,1-6,13-14,19,24-28H2;1H. The first-order valence-electron chi connectivity index (χ1n) is 15.8. The molecule has 4 aromatic rings. The van der Waals surface area contributed by atoms with E-state index in [0.29, 0.717) is 30.7 Å². The molecule has 1 atom stereocenters. The molecule has 0 aliphatic heterocycles. The Balaban J connectivity index is 0.00000529. The maximum Gasteiger partial charge on any atom is 0.185 e. The summed E-state index contributed by atoms with van der Waals surface area (Å²) in [6.45, 7) is 3.23. The third kappa shape index (κ3) is 13.0.